The first-order valence-corrected chi connectivity index (χ1v) is 6.41. The highest BCUT2D eigenvalue weighted by Crippen LogP contribution is 2.04. The molecule has 0 saturated heterocycles. The molecule has 0 fully saturated rings. The van der Waals surface area contributed by atoms with Crippen LogP contribution in [0.2, 0.25) is 0 Å². The first-order valence-electron chi connectivity index (χ1n) is 4.59. The fourth-order valence-electron chi connectivity index (χ4n) is 1.12. The number of ketones is 1. The van der Waals surface area contributed by atoms with Crippen molar-refractivity contribution in [3.63, 3.8) is 0 Å². The van der Waals surface area contributed by atoms with Crippen LogP contribution >= 0.6 is 0 Å². The molecule has 1 heterocycles. The molecule has 0 aliphatic heterocycles. The highest BCUT2D eigenvalue weighted by atomic mass is 32.2. The molecular formula is C9H14N2O3S. The van der Waals surface area contributed by atoms with Crippen LogP contribution in [-0.4, -0.2) is 35.3 Å². The van der Waals surface area contributed by atoms with Gasteiger partial charge in [-0.2, -0.15) is 0 Å². The fraction of sp³-hybridized carbons (Fsp3) is 0.556. The molecule has 0 aliphatic rings. The van der Waals surface area contributed by atoms with E-state index in [-0.39, 0.29) is 11.6 Å². The van der Waals surface area contributed by atoms with Gasteiger partial charge in [-0.3, -0.25) is 4.79 Å². The molecule has 0 aromatic carbocycles. The van der Waals surface area contributed by atoms with Gasteiger partial charge in [0.15, 0.2) is 15.7 Å². The topological polar surface area (TPSA) is 69.0 Å². The van der Waals surface area contributed by atoms with Gasteiger partial charge in [0.25, 0.3) is 0 Å². The maximum absolute atomic E-state index is 11.6. The number of aromatic nitrogens is 2. The molecule has 1 rings (SSSR count). The van der Waals surface area contributed by atoms with Gasteiger partial charge in [-0.05, 0) is 6.92 Å². The molecule has 1 aromatic rings. The van der Waals surface area contributed by atoms with Crippen LogP contribution in [-0.2, 0) is 16.9 Å². The number of aryl methyl sites for hydroxylation is 1. The number of hydrogen-bond donors (Lipinski definition) is 0. The normalized spacial score (nSPS) is 11.7. The predicted molar refractivity (Wildman–Crippen MR) is 56.6 cm³/mol. The van der Waals surface area contributed by atoms with Crippen molar-refractivity contribution in [2.24, 2.45) is 7.05 Å². The van der Waals surface area contributed by atoms with Gasteiger partial charge < -0.3 is 4.57 Å². The Bertz CT molecular complexity index is 474. The average Bonchev–Trinajstić information content (AvgIpc) is 2.47. The lowest BCUT2D eigenvalue weighted by atomic mass is 10.4. The van der Waals surface area contributed by atoms with Crippen LogP contribution in [0.1, 0.15) is 23.2 Å². The third-order valence-electron chi connectivity index (χ3n) is 2.26. The van der Waals surface area contributed by atoms with Crippen LogP contribution in [0.4, 0.5) is 0 Å². The second-order valence-electron chi connectivity index (χ2n) is 3.38. The Morgan fingerprint density at radius 1 is 1.53 bits per heavy atom. The van der Waals surface area contributed by atoms with E-state index in [4.69, 9.17) is 0 Å². The summed E-state index contributed by atoms with van der Waals surface area (Å²) in [4.78, 5) is 15.5. The van der Waals surface area contributed by atoms with Gasteiger partial charge in [-0.25, -0.2) is 13.4 Å². The monoisotopic (exact) mass is 230 g/mol. The van der Waals surface area contributed by atoms with Crippen molar-refractivity contribution in [2.45, 2.75) is 13.8 Å². The Balaban J connectivity index is 2.93. The van der Waals surface area contributed by atoms with Crippen LogP contribution < -0.4 is 0 Å². The van der Waals surface area contributed by atoms with Crippen LogP contribution in [0, 0.1) is 6.92 Å². The minimum absolute atomic E-state index is 0.0256. The number of sulfone groups is 1. The minimum Gasteiger partial charge on any atom is -0.329 e. The lowest BCUT2D eigenvalue weighted by molar-refractivity contribution is 0.100. The molecule has 5 nitrogen and oxygen atoms in total. The SMILES string of the molecule is CCS(=O)(=O)CC(=O)c1ncc(C)n1C. The van der Waals surface area contributed by atoms with Gasteiger partial charge in [0, 0.05) is 24.7 Å². The van der Waals surface area contributed by atoms with Crippen molar-refractivity contribution in [3.05, 3.63) is 17.7 Å². The molecule has 6 heteroatoms. The molecule has 84 valence electrons. The highest BCUT2D eigenvalue weighted by Gasteiger charge is 2.19. The Kier molecular flexibility index (Phi) is 3.28. The summed E-state index contributed by atoms with van der Waals surface area (Å²) in [6, 6.07) is 0. The molecule has 15 heavy (non-hydrogen) atoms. The molecule has 0 aliphatic carbocycles. The predicted octanol–water partition coefficient (Wildman–Crippen LogP) is 0.346. The quantitative estimate of drug-likeness (QED) is 0.700. The van der Waals surface area contributed by atoms with Crippen molar-refractivity contribution < 1.29 is 13.2 Å². The van der Waals surface area contributed by atoms with E-state index in [1.165, 1.54) is 6.92 Å². The van der Waals surface area contributed by atoms with E-state index in [1.54, 1.807) is 24.7 Å². The Morgan fingerprint density at radius 2 is 2.13 bits per heavy atom. The molecule has 0 amide bonds. The minimum atomic E-state index is -3.28. The van der Waals surface area contributed by atoms with Crippen molar-refractivity contribution in [1.82, 2.24) is 9.55 Å². The van der Waals surface area contributed by atoms with E-state index in [0.29, 0.717) is 0 Å². The molecule has 0 radical (unpaired) electrons. The third-order valence-corrected chi connectivity index (χ3v) is 3.84. The summed E-state index contributed by atoms with van der Waals surface area (Å²) in [5.41, 5.74) is 0.826. The molecule has 0 spiro atoms. The van der Waals surface area contributed by atoms with Gasteiger partial charge in [0.1, 0.15) is 5.75 Å². The lowest BCUT2D eigenvalue weighted by Gasteiger charge is -2.02. The van der Waals surface area contributed by atoms with Crippen molar-refractivity contribution in [2.75, 3.05) is 11.5 Å². The van der Waals surface area contributed by atoms with Gasteiger partial charge in [0.2, 0.25) is 5.78 Å². The summed E-state index contributed by atoms with van der Waals surface area (Å²) in [5, 5.41) is 0. The smallest absolute Gasteiger partial charge is 0.213 e. The number of Topliss-reactive ketones (excluding diaryl/α,β-unsaturated/α-hetero) is 1. The summed E-state index contributed by atoms with van der Waals surface area (Å²) in [6.45, 7) is 3.32. The van der Waals surface area contributed by atoms with Crippen molar-refractivity contribution in [1.29, 1.82) is 0 Å². The molecule has 0 N–H and O–H groups in total. The standard InChI is InChI=1S/C9H14N2O3S/c1-4-15(13,14)6-8(12)9-10-5-7(2)11(9)3/h5H,4,6H2,1-3H3. The summed E-state index contributed by atoms with van der Waals surface area (Å²) in [7, 11) is -1.59. The summed E-state index contributed by atoms with van der Waals surface area (Å²) >= 11 is 0. The van der Waals surface area contributed by atoms with Crippen LogP contribution in [0.3, 0.4) is 0 Å². The van der Waals surface area contributed by atoms with Crippen LogP contribution in [0.25, 0.3) is 0 Å². The number of imidazole rings is 1. The summed E-state index contributed by atoms with van der Waals surface area (Å²) < 4.78 is 24.1. The number of carbonyl (C=O) groups is 1. The highest BCUT2D eigenvalue weighted by molar-refractivity contribution is 7.92. The first-order chi connectivity index (χ1) is 6.87. The van der Waals surface area contributed by atoms with Crippen LogP contribution in [0.15, 0.2) is 6.20 Å². The maximum atomic E-state index is 11.6. The van der Waals surface area contributed by atoms with Crippen molar-refractivity contribution >= 4 is 15.6 Å². The zero-order chi connectivity index (χ0) is 11.6. The van der Waals surface area contributed by atoms with Gasteiger partial charge in [-0.1, -0.05) is 6.92 Å². The number of nitrogens with zero attached hydrogens (tertiary/aromatic N) is 2. The molecule has 0 unspecified atom stereocenters. The number of carbonyl (C=O) groups excluding carboxylic acids is 1. The molecule has 0 atom stereocenters. The molecule has 0 bridgehead atoms. The summed E-state index contributed by atoms with van der Waals surface area (Å²) in [6.07, 6.45) is 1.55. The Labute approximate surface area is 89.0 Å². The average molecular weight is 230 g/mol. The van der Waals surface area contributed by atoms with Crippen molar-refractivity contribution in [3.8, 4) is 0 Å². The Morgan fingerprint density at radius 3 is 2.53 bits per heavy atom. The largest absolute Gasteiger partial charge is 0.329 e. The van der Waals surface area contributed by atoms with E-state index < -0.39 is 21.4 Å². The first kappa shape index (κ1) is 11.9. The third kappa shape index (κ3) is 2.65. The van der Waals surface area contributed by atoms with E-state index in [2.05, 4.69) is 4.98 Å². The molecule has 1 aromatic heterocycles. The lowest BCUT2D eigenvalue weighted by Crippen LogP contribution is -2.20. The summed E-state index contributed by atoms with van der Waals surface area (Å²) in [5.74, 6) is -0.743. The maximum Gasteiger partial charge on any atom is 0.213 e. The Hall–Kier alpha value is -1.17. The van der Waals surface area contributed by atoms with E-state index in [9.17, 15) is 13.2 Å². The second kappa shape index (κ2) is 4.14. The van der Waals surface area contributed by atoms with Gasteiger partial charge in [-0.15, -0.1) is 0 Å². The number of rotatable bonds is 4. The zero-order valence-corrected chi connectivity index (χ0v) is 9.84. The van der Waals surface area contributed by atoms with E-state index in [1.807, 2.05) is 0 Å². The fourth-order valence-corrected chi connectivity index (χ4v) is 1.85. The van der Waals surface area contributed by atoms with Gasteiger partial charge >= 0.3 is 0 Å². The molecule has 0 saturated carbocycles. The zero-order valence-electron chi connectivity index (χ0n) is 9.02. The molecular weight excluding hydrogens is 216 g/mol. The number of hydrogen-bond acceptors (Lipinski definition) is 4. The van der Waals surface area contributed by atoms with E-state index in [0.717, 1.165) is 5.69 Å². The van der Waals surface area contributed by atoms with Crippen LogP contribution in [0.5, 0.6) is 0 Å². The van der Waals surface area contributed by atoms with E-state index >= 15 is 0 Å². The van der Waals surface area contributed by atoms with Gasteiger partial charge in [0.05, 0.1) is 0 Å². The second-order valence-corrected chi connectivity index (χ2v) is 5.74.